The molecule has 0 saturated carbocycles. The van der Waals surface area contributed by atoms with E-state index in [9.17, 15) is 10.1 Å². The summed E-state index contributed by atoms with van der Waals surface area (Å²) in [7, 11) is 1.90. The molecule has 0 saturated heterocycles. The van der Waals surface area contributed by atoms with Gasteiger partial charge in [0.25, 0.3) is 0 Å². The van der Waals surface area contributed by atoms with Gasteiger partial charge in [0.2, 0.25) is 0 Å². The molecule has 5 aromatic rings. The maximum atomic E-state index is 11.1. The first kappa shape index (κ1) is 22.9. The molecule has 0 radical (unpaired) electrons. The third-order valence-corrected chi connectivity index (χ3v) is 6.42. The Labute approximate surface area is 209 Å². The number of carboxylic acids is 1. The minimum Gasteiger partial charge on any atom is -0.478 e. The number of imidazole rings is 1. The average Bonchev–Trinajstić information content (AvgIpc) is 3.33. The van der Waals surface area contributed by atoms with Crippen LogP contribution in [0.5, 0.6) is 0 Å². The van der Waals surface area contributed by atoms with Gasteiger partial charge in [-0.1, -0.05) is 60.7 Å². The second kappa shape index (κ2) is 9.77. The highest BCUT2D eigenvalue weighted by Gasteiger charge is 2.22. The van der Waals surface area contributed by atoms with Crippen molar-refractivity contribution in [2.24, 2.45) is 7.05 Å². The van der Waals surface area contributed by atoms with Crippen LogP contribution in [0, 0.1) is 11.3 Å². The van der Waals surface area contributed by atoms with Crippen LogP contribution in [0.4, 0.5) is 5.69 Å². The Kier molecular flexibility index (Phi) is 6.21. The molecule has 1 atom stereocenters. The Balaban J connectivity index is 1.57. The molecule has 0 spiro atoms. The molecule has 0 aliphatic heterocycles. The SMILES string of the molecule is Cn1cncc1C(C#N)c1ccc(NCc2ccc(C(=O)O)cc2)cc1-c1cccc2ccccc12. The Bertz CT molecular complexity index is 1590. The molecule has 176 valence electrons. The van der Waals surface area contributed by atoms with Crippen molar-refractivity contribution in [3.05, 3.63) is 120 Å². The van der Waals surface area contributed by atoms with Gasteiger partial charge >= 0.3 is 5.97 Å². The summed E-state index contributed by atoms with van der Waals surface area (Å²) in [5.74, 6) is -1.42. The number of aromatic nitrogens is 2. The smallest absolute Gasteiger partial charge is 0.335 e. The molecule has 0 bridgehead atoms. The molecule has 5 rings (SSSR count). The van der Waals surface area contributed by atoms with Crippen LogP contribution < -0.4 is 5.32 Å². The van der Waals surface area contributed by atoms with Crippen molar-refractivity contribution < 1.29 is 9.90 Å². The quantitative estimate of drug-likeness (QED) is 0.294. The molecular weight excluding hydrogens is 448 g/mol. The predicted octanol–water partition coefficient (Wildman–Crippen LogP) is 6.21. The summed E-state index contributed by atoms with van der Waals surface area (Å²) in [4.78, 5) is 15.4. The number of nitrogens with zero attached hydrogens (tertiary/aromatic N) is 3. The molecule has 0 fully saturated rings. The molecule has 1 heterocycles. The van der Waals surface area contributed by atoms with Gasteiger partial charge in [0, 0.05) is 25.5 Å². The fourth-order valence-electron chi connectivity index (χ4n) is 4.52. The van der Waals surface area contributed by atoms with Crippen LogP contribution in [0.15, 0.2) is 97.5 Å². The molecule has 1 aromatic heterocycles. The van der Waals surface area contributed by atoms with Gasteiger partial charge in [0.05, 0.1) is 23.7 Å². The normalized spacial score (nSPS) is 11.7. The van der Waals surface area contributed by atoms with Gasteiger partial charge in [-0.05, 0) is 57.3 Å². The summed E-state index contributed by atoms with van der Waals surface area (Å²) in [5, 5.41) is 25.0. The van der Waals surface area contributed by atoms with Crippen molar-refractivity contribution in [2.75, 3.05) is 5.32 Å². The summed E-state index contributed by atoms with van der Waals surface area (Å²) in [6.45, 7) is 0.539. The highest BCUT2D eigenvalue weighted by atomic mass is 16.4. The van der Waals surface area contributed by atoms with Crippen molar-refractivity contribution in [3.63, 3.8) is 0 Å². The number of hydrogen-bond acceptors (Lipinski definition) is 4. The molecule has 0 amide bonds. The van der Waals surface area contributed by atoms with Gasteiger partial charge in [0.15, 0.2) is 0 Å². The van der Waals surface area contributed by atoms with Crippen LogP contribution in [-0.4, -0.2) is 20.6 Å². The van der Waals surface area contributed by atoms with E-state index in [-0.39, 0.29) is 5.56 Å². The second-order valence-electron chi connectivity index (χ2n) is 8.68. The summed E-state index contributed by atoms with van der Waals surface area (Å²) < 4.78 is 1.88. The number of benzene rings is 4. The lowest BCUT2D eigenvalue weighted by molar-refractivity contribution is 0.0697. The first-order valence-electron chi connectivity index (χ1n) is 11.6. The third kappa shape index (κ3) is 4.42. The van der Waals surface area contributed by atoms with Gasteiger partial charge in [-0.25, -0.2) is 9.78 Å². The van der Waals surface area contributed by atoms with Crippen LogP contribution in [0.25, 0.3) is 21.9 Å². The average molecular weight is 473 g/mol. The van der Waals surface area contributed by atoms with Crippen LogP contribution in [-0.2, 0) is 13.6 Å². The molecule has 2 N–H and O–H groups in total. The Morgan fingerprint density at radius 3 is 2.53 bits per heavy atom. The van der Waals surface area contributed by atoms with Gasteiger partial charge in [-0.15, -0.1) is 0 Å². The van der Waals surface area contributed by atoms with E-state index in [2.05, 4.69) is 46.7 Å². The highest BCUT2D eigenvalue weighted by molar-refractivity contribution is 5.98. The van der Waals surface area contributed by atoms with Gasteiger partial charge in [-0.3, -0.25) is 0 Å². The van der Waals surface area contributed by atoms with Crippen molar-refractivity contribution in [2.45, 2.75) is 12.5 Å². The van der Waals surface area contributed by atoms with E-state index in [0.29, 0.717) is 6.54 Å². The fourth-order valence-corrected chi connectivity index (χ4v) is 4.52. The Hall–Kier alpha value is -4.89. The molecule has 0 aliphatic carbocycles. The number of nitrogens with one attached hydrogen (secondary N) is 1. The van der Waals surface area contributed by atoms with Crippen LogP contribution >= 0.6 is 0 Å². The molecule has 6 heteroatoms. The van der Waals surface area contributed by atoms with E-state index >= 15 is 0 Å². The predicted molar refractivity (Wildman–Crippen MR) is 141 cm³/mol. The van der Waals surface area contributed by atoms with E-state index < -0.39 is 11.9 Å². The van der Waals surface area contributed by atoms with Crippen LogP contribution in [0.3, 0.4) is 0 Å². The highest BCUT2D eigenvalue weighted by Crippen LogP contribution is 2.38. The third-order valence-electron chi connectivity index (χ3n) is 6.42. The molecule has 0 aliphatic rings. The lowest BCUT2D eigenvalue weighted by atomic mass is 9.87. The zero-order chi connectivity index (χ0) is 25.1. The summed E-state index contributed by atoms with van der Waals surface area (Å²) in [6, 6.07) is 29.8. The van der Waals surface area contributed by atoms with Crippen molar-refractivity contribution >= 4 is 22.4 Å². The molecule has 4 aromatic carbocycles. The summed E-state index contributed by atoms with van der Waals surface area (Å²) in [5.41, 5.74) is 5.92. The number of aryl methyl sites for hydroxylation is 1. The zero-order valence-electron chi connectivity index (χ0n) is 19.7. The van der Waals surface area contributed by atoms with Gasteiger partial charge < -0.3 is 15.0 Å². The van der Waals surface area contributed by atoms with Gasteiger partial charge in [0.1, 0.15) is 5.92 Å². The monoisotopic (exact) mass is 472 g/mol. The van der Waals surface area contributed by atoms with E-state index in [1.807, 2.05) is 54.1 Å². The Morgan fingerprint density at radius 2 is 1.81 bits per heavy atom. The number of aromatic carboxylic acids is 1. The Morgan fingerprint density at radius 1 is 1.03 bits per heavy atom. The summed E-state index contributed by atoms with van der Waals surface area (Å²) in [6.07, 6.45) is 3.45. The lowest BCUT2D eigenvalue weighted by Gasteiger charge is -2.19. The number of rotatable bonds is 7. The fraction of sp³-hybridized carbons (Fsp3) is 0.100. The number of fused-ring (bicyclic) bond motifs is 1. The van der Waals surface area contributed by atoms with Crippen molar-refractivity contribution in [3.8, 4) is 17.2 Å². The first-order chi connectivity index (χ1) is 17.5. The topological polar surface area (TPSA) is 90.9 Å². The minimum absolute atomic E-state index is 0.263. The maximum absolute atomic E-state index is 11.1. The summed E-state index contributed by atoms with van der Waals surface area (Å²) >= 11 is 0. The standard InChI is InChI=1S/C30H24N4O2/c1-34-19-32-18-29(34)28(16-31)26-14-13-23(33-17-20-9-11-22(12-10-20)30(35)36)15-27(26)25-8-4-6-21-5-2-3-7-24(21)25/h2-15,18-19,28,33H,17H2,1H3,(H,35,36). The van der Waals surface area contributed by atoms with Crippen molar-refractivity contribution in [1.82, 2.24) is 9.55 Å². The van der Waals surface area contributed by atoms with E-state index in [1.54, 1.807) is 24.7 Å². The number of nitriles is 1. The number of carbonyl (C=O) groups is 1. The van der Waals surface area contributed by atoms with Crippen LogP contribution in [0.1, 0.15) is 33.1 Å². The largest absolute Gasteiger partial charge is 0.478 e. The van der Waals surface area contributed by atoms with Crippen molar-refractivity contribution in [1.29, 1.82) is 5.26 Å². The van der Waals surface area contributed by atoms with E-state index in [1.165, 1.54) is 0 Å². The molecule has 36 heavy (non-hydrogen) atoms. The van der Waals surface area contributed by atoms with Gasteiger partial charge in [-0.2, -0.15) is 5.26 Å². The van der Waals surface area contributed by atoms with Crippen LogP contribution in [0.2, 0.25) is 0 Å². The minimum atomic E-state index is -0.940. The second-order valence-corrected chi connectivity index (χ2v) is 8.68. The van der Waals surface area contributed by atoms with E-state index in [4.69, 9.17) is 5.11 Å². The number of anilines is 1. The number of carboxylic acid groups (broad SMARTS) is 1. The molecule has 6 nitrogen and oxygen atoms in total. The van der Waals surface area contributed by atoms with E-state index in [0.717, 1.165) is 44.4 Å². The molecule has 1 unspecified atom stereocenters. The lowest BCUT2D eigenvalue weighted by Crippen LogP contribution is -2.07. The molecular formula is C30H24N4O2. The number of hydrogen-bond donors (Lipinski definition) is 2. The first-order valence-corrected chi connectivity index (χ1v) is 11.6. The zero-order valence-corrected chi connectivity index (χ0v) is 19.7. The maximum Gasteiger partial charge on any atom is 0.335 e.